The van der Waals surface area contributed by atoms with Crippen molar-refractivity contribution in [3.8, 4) is 0 Å². The molecule has 2 saturated heterocycles. The highest BCUT2D eigenvalue weighted by Gasteiger charge is 2.37. The van der Waals surface area contributed by atoms with Crippen LogP contribution in [0.4, 0.5) is 0 Å². The molecule has 2 atom stereocenters. The van der Waals surface area contributed by atoms with Gasteiger partial charge >= 0.3 is 0 Å². The van der Waals surface area contributed by atoms with Crippen LogP contribution < -0.4 is 0 Å². The number of nitrogens with zero attached hydrogens (tertiary/aromatic N) is 1. The third-order valence-electron chi connectivity index (χ3n) is 4.97. The van der Waals surface area contributed by atoms with E-state index in [4.69, 9.17) is 9.15 Å². The zero-order valence-electron chi connectivity index (χ0n) is 13.9. The molecule has 1 amide bonds. The summed E-state index contributed by atoms with van der Waals surface area (Å²) >= 11 is 0. The number of carbonyl (C=O) groups excluding carboxylic acids is 1. The Kier molecular flexibility index (Phi) is 4.29. The van der Waals surface area contributed by atoms with Crippen molar-refractivity contribution in [3.05, 3.63) is 36.1 Å². The molecule has 0 spiro atoms. The molecule has 0 unspecified atom stereocenters. The summed E-state index contributed by atoms with van der Waals surface area (Å²) < 4.78 is 35.2. The highest BCUT2D eigenvalue weighted by molar-refractivity contribution is 7.91. The van der Waals surface area contributed by atoms with Gasteiger partial charge in [-0.3, -0.25) is 4.79 Å². The van der Waals surface area contributed by atoms with E-state index in [-0.39, 0.29) is 35.3 Å². The smallest absolute Gasteiger partial charge is 0.289 e. The van der Waals surface area contributed by atoms with Crippen LogP contribution in [-0.4, -0.2) is 56.0 Å². The normalized spacial score (nSPS) is 25.4. The minimum Gasteiger partial charge on any atom is -0.451 e. The van der Waals surface area contributed by atoms with Gasteiger partial charge < -0.3 is 14.1 Å². The van der Waals surface area contributed by atoms with Crippen LogP contribution in [0.2, 0.25) is 0 Å². The van der Waals surface area contributed by atoms with Gasteiger partial charge in [0.15, 0.2) is 15.6 Å². The second-order valence-corrected chi connectivity index (χ2v) is 9.03. The van der Waals surface area contributed by atoms with Crippen molar-refractivity contribution < 1.29 is 22.4 Å². The van der Waals surface area contributed by atoms with Gasteiger partial charge in [-0.25, -0.2) is 8.42 Å². The van der Waals surface area contributed by atoms with E-state index in [1.165, 1.54) is 0 Å². The molecule has 6 nitrogen and oxygen atoms in total. The number of ether oxygens (including phenoxy) is 1. The van der Waals surface area contributed by atoms with Crippen LogP contribution in [0.25, 0.3) is 11.0 Å². The number of amides is 1. The van der Waals surface area contributed by atoms with Crippen molar-refractivity contribution in [1.29, 1.82) is 0 Å². The number of hydrogen-bond acceptors (Lipinski definition) is 5. The van der Waals surface area contributed by atoms with E-state index in [1.54, 1.807) is 11.0 Å². The lowest BCUT2D eigenvalue weighted by Crippen LogP contribution is -2.45. The minimum absolute atomic E-state index is 0.0195. The zero-order chi connectivity index (χ0) is 17.4. The maximum Gasteiger partial charge on any atom is 0.289 e. The van der Waals surface area contributed by atoms with E-state index in [1.807, 2.05) is 24.3 Å². The minimum atomic E-state index is -3.08. The topological polar surface area (TPSA) is 76.8 Å². The number of hydrogen-bond donors (Lipinski definition) is 0. The quantitative estimate of drug-likeness (QED) is 0.833. The molecule has 134 valence electrons. The molecule has 3 heterocycles. The van der Waals surface area contributed by atoms with Crippen LogP contribution in [-0.2, 0) is 14.6 Å². The van der Waals surface area contributed by atoms with Gasteiger partial charge in [0, 0.05) is 24.6 Å². The summed E-state index contributed by atoms with van der Waals surface area (Å²) in [6, 6.07) is 8.86. The first kappa shape index (κ1) is 16.6. The SMILES string of the molecule is O=C(c1cc2ccccc2o1)N(C[C@H]1CCCO1)[C@H]1CCS(=O)(=O)C1. The number of sulfone groups is 1. The lowest BCUT2D eigenvalue weighted by Gasteiger charge is -2.29. The molecule has 7 heteroatoms. The highest BCUT2D eigenvalue weighted by atomic mass is 32.2. The largest absolute Gasteiger partial charge is 0.451 e. The third kappa shape index (κ3) is 3.43. The van der Waals surface area contributed by atoms with E-state index in [9.17, 15) is 13.2 Å². The first-order chi connectivity index (χ1) is 12.0. The molecule has 0 aliphatic carbocycles. The van der Waals surface area contributed by atoms with Crippen molar-refractivity contribution >= 4 is 26.7 Å². The van der Waals surface area contributed by atoms with Crippen LogP contribution in [0.15, 0.2) is 34.7 Å². The van der Waals surface area contributed by atoms with E-state index >= 15 is 0 Å². The molecule has 2 aliphatic heterocycles. The molecular formula is C18H21NO5S. The predicted molar refractivity (Wildman–Crippen MR) is 93.3 cm³/mol. The monoisotopic (exact) mass is 363 g/mol. The van der Waals surface area contributed by atoms with Gasteiger partial charge in [-0.1, -0.05) is 18.2 Å². The van der Waals surface area contributed by atoms with E-state index in [2.05, 4.69) is 0 Å². The molecule has 1 aromatic carbocycles. The molecule has 0 saturated carbocycles. The number of benzene rings is 1. The summed E-state index contributed by atoms with van der Waals surface area (Å²) in [4.78, 5) is 14.7. The Morgan fingerprint density at radius 2 is 2.08 bits per heavy atom. The summed E-state index contributed by atoms with van der Waals surface area (Å²) in [5.74, 6) is 0.149. The number of fused-ring (bicyclic) bond motifs is 1. The Hall–Kier alpha value is -1.86. The predicted octanol–water partition coefficient (Wildman–Crippen LogP) is 2.24. The average molecular weight is 363 g/mol. The summed E-state index contributed by atoms with van der Waals surface area (Å²) in [5, 5.41) is 0.863. The first-order valence-corrected chi connectivity index (χ1v) is 10.5. The first-order valence-electron chi connectivity index (χ1n) is 8.63. The molecule has 0 bridgehead atoms. The van der Waals surface area contributed by atoms with Gasteiger partial charge in [0.25, 0.3) is 5.91 Å². The molecule has 25 heavy (non-hydrogen) atoms. The van der Waals surface area contributed by atoms with E-state index in [0.29, 0.717) is 25.2 Å². The lowest BCUT2D eigenvalue weighted by atomic mass is 10.1. The molecule has 1 aromatic heterocycles. The van der Waals surface area contributed by atoms with Crippen molar-refractivity contribution in [2.75, 3.05) is 24.7 Å². The van der Waals surface area contributed by atoms with Gasteiger partial charge in [-0.2, -0.15) is 0 Å². The molecule has 2 fully saturated rings. The second-order valence-electron chi connectivity index (χ2n) is 6.80. The standard InChI is InChI=1S/C18H21NO5S/c20-18(17-10-13-4-1-2-6-16(13)24-17)19(11-15-5-3-8-23-15)14-7-9-25(21,22)12-14/h1-2,4,6,10,14-15H,3,5,7-9,11-12H2/t14-,15+/m0/s1. The van der Waals surface area contributed by atoms with Crippen LogP contribution in [0.3, 0.4) is 0 Å². The number of para-hydroxylation sites is 1. The maximum atomic E-state index is 13.1. The molecular weight excluding hydrogens is 342 g/mol. The Labute approximate surface area is 146 Å². The average Bonchev–Trinajstić information content (AvgIpc) is 3.30. The number of carbonyl (C=O) groups is 1. The van der Waals surface area contributed by atoms with Gasteiger partial charge in [-0.15, -0.1) is 0 Å². The lowest BCUT2D eigenvalue weighted by molar-refractivity contribution is 0.0420. The Bertz CT molecular complexity index is 849. The van der Waals surface area contributed by atoms with Crippen molar-refractivity contribution in [1.82, 2.24) is 4.90 Å². The molecule has 4 rings (SSSR count). The molecule has 0 N–H and O–H groups in total. The summed E-state index contributed by atoms with van der Waals surface area (Å²) in [5.41, 5.74) is 0.655. The molecule has 0 radical (unpaired) electrons. The maximum absolute atomic E-state index is 13.1. The Balaban J connectivity index is 1.62. The number of furan rings is 1. The van der Waals surface area contributed by atoms with Crippen LogP contribution in [0.5, 0.6) is 0 Å². The molecule has 2 aliphatic rings. The van der Waals surface area contributed by atoms with Crippen LogP contribution >= 0.6 is 0 Å². The van der Waals surface area contributed by atoms with Crippen LogP contribution in [0, 0.1) is 0 Å². The third-order valence-corrected chi connectivity index (χ3v) is 6.72. The highest BCUT2D eigenvalue weighted by Crippen LogP contribution is 2.26. The zero-order valence-corrected chi connectivity index (χ0v) is 14.7. The van der Waals surface area contributed by atoms with Gasteiger partial charge in [0.1, 0.15) is 5.58 Å². The van der Waals surface area contributed by atoms with Gasteiger partial charge in [0.05, 0.1) is 17.6 Å². The fourth-order valence-electron chi connectivity index (χ4n) is 3.66. The van der Waals surface area contributed by atoms with Gasteiger partial charge in [0.2, 0.25) is 0 Å². The van der Waals surface area contributed by atoms with E-state index in [0.717, 1.165) is 18.2 Å². The van der Waals surface area contributed by atoms with Crippen molar-refractivity contribution in [2.24, 2.45) is 0 Å². The Morgan fingerprint density at radius 3 is 2.76 bits per heavy atom. The fourth-order valence-corrected chi connectivity index (χ4v) is 5.39. The van der Waals surface area contributed by atoms with Crippen molar-refractivity contribution in [3.63, 3.8) is 0 Å². The second kappa shape index (κ2) is 6.46. The fraction of sp³-hybridized carbons (Fsp3) is 0.500. The number of rotatable bonds is 4. The molecule has 2 aromatic rings. The summed E-state index contributed by atoms with van der Waals surface area (Å²) in [6.07, 6.45) is 2.31. The van der Waals surface area contributed by atoms with Crippen molar-refractivity contribution in [2.45, 2.75) is 31.4 Å². The summed E-state index contributed by atoms with van der Waals surface area (Å²) in [7, 11) is -3.08. The van der Waals surface area contributed by atoms with Crippen LogP contribution in [0.1, 0.15) is 29.8 Å². The summed E-state index contributed by atoms with van der Waals surface area (Å²) in [6.45, 7) is 1.11. The van der Waals surface area contributed by atoms with E-state index < -0.39 is 9.84 Å². The van der Waals surface area contributed by atoms with Gasteiger partial charge in [-0.05, 0) is 31.4 Å². The Morgan fingerprint density at radius 1 is 1.24 bits per heavy atom.